The number of benzene rings is 1. The molecule has 0 saturated heterocycles. The molecule has 114 valence electrons. The molecule has 3 N–H and O–H groups in total. The minimum atomic E-state index is -0.271. The summed E-state index contributed by atoms with van der Waals surface area (Å²) in [5.74, 6) is 0.656. The highest BCUT2D eigenvalue weighted by molar-refractivity contribution is 6.33. The van der Waals surface area contributed by atoms with E-state index >= 15 is 0 Å². The van der Waals surface area contributed by atoms with Crippen molar-refractivity contribution in [2.24, 2.45) is 0 Å². The number of carbonyl (C=O) groups is 1. The second kappa shape index (κ2) is 6.02. The maximum Gasteiger partial charge on any atom is 0.253 e. The van der Waals surface area contributed by atoms with Gasteiger partial charge in [0.2, 0.25) is 0 Å². The van der Waals surface area contributed by atoms with Crippen LogP contribution < -0.4 is 15.8 Å². The van der Waals surface area contributed by atoms with E-state index in [-0.39, 0.29) is 22.8 Å². The smallest absolute Gasteiger partial charge is 0.253 e. The number of nitrogens with one attached hydrogen (secondary N) is 1. The molecule has 0 radical (unpaired) electrons. The van der Waals surface area contributed by atoms with E-state index in [0.29, 0.717) is 23.6 Å². The average molecular weight is 338 g/mol. The minimum Gasteiger partial charge on any atom is -0.493 e. The Hall–Kier alpha value is -1.98. The molecule has 1 unspecified atom stereocenters. The van der Waals surface area contributed by atoms with E-state index in [1.807, 2.05) is 0 Å². The number of rotatable bonds is 2. The second-order valence-corrected chi connectivity index (χ2v) is 5.78. The van der Waals surface area contributed by atoms with Gasteiger partial charge in [0.1, 0.15) is 11.6 Å². The van der Waals surface area contributed by atoms with Crippen molar-refractivity contribution in [3.63, 3.8) is 0 Å². The Labute approximate surface area is 137 Å². The molecule has 1 amide bonds. The van der Waals surface area contributed by atoms with Gasteiger partial charge in [-0.3, -0.25) is 4.79 Å². The van der Waals surface area contributed by atoms with Crippen molar-refractivity contribution in [2.45, 2.75) is 12.5 Å². The van der Waals surface area contributed by atoms with Crippen LogP contribution >= 0.6 is 23.2 Å². The van der Waals surface area contributed by atoms with Gasteiger partial charge in [-0.15, -0.1) is 0 Å². The van der Waals surface area contributed by atoms with Crippen LogP contribution in [-0.4, -0.2) is 17.5 Å². The fourth-order valence-corrected chi connectivity index (χ4v) is 2.68. The highest BCUT2D eigenvalue weighted by Gasteiger charge is 2.24. The van der Waals surface area contributed by atoms with E-state index in [1.165, 1.54) is 12.3 Å². The van der Waals surface area contributed by atoms with E-state index in [2.05, 4.69) is 10.3 Å². The molecule has 0 aliphatic carbocycles. The topological polar surface area (TPSA) is 77.2 Å². The Morgan fingerprint density at radius 2 is 2.18 bits per heavy atom. The summed E-state index contributed by atoms with van der Waals surface area (Å²) in [6.45, 7) is 0.528. The molecular formula is C15H13Cl2N3O2. The molecule has 1 aromatic heterocycles. The van der Waals surface area contributed by atoms with Gasteiger partial charge in [0.05, 0.1) is 23.2 Å². The zero-order chi connectivity index (χ0) is 15.7. The van der Waals surface area contributed by atoms with Gasteiger partial charge in [0.15, 0.2) is 0 Å². The Balaban J connectivity index is 1.83. The van der Waals surface area contributed by atoms with Gasteiger partial charge in [-0.1, -0.05) is 23.2 Å². The zero-order valence-corrected chi connectivity index (χ0v) is 13.0. The van der Waals surface area contributed by atoms with Crippen molar-refractivity contribution in [1.82, 2.24) is 10.3 Å². The van der Waals surface area contributed by atoms with Crippen LogP contribution in [0.1, 0.15) is 28.4 Å². The fraction of sp³-hybridized carbons (Fsp3) is 0.200. The van der Waals surface area contributed by atoms with E-state index in [0.717, 1.165) is 11.3 Å². The second-order valence-electron chi connectivity index (χ2n) is 4.94. The first-order valence-electron chi connectivity index (χ1n) is 6.69. The van der Waals surface area contributed by atoms with Crippen molar-refractivity contribution in [2.75, 3.05) is 12.3 Å². The number of hydrogen-bond acceptors (Lipinski definition) is 4. The number of aromatic nitrogens is 1. The van der Waals surface area contributed by atoms with Gasteiger partial charge in [-0.05, 0) is 24.3 Å². The number of nitrogens with zero attached hydrogens (tertiary/aromatic N) is 1. The highest BCUT2D eigenvalue weighted by Crippen LogP contribution is 2.34. The van der Waals surface area contributed by atoms with Crippen molar-refractivity contribution in [1.29, 1.82) is 0 Å². The number of ether oxygens (including phenoxy) is 1. The molecule has 5 nitrogen and oxygen atoms in total. The predicted octanol–water partition coefficient (Wildman–Crippen LogP) is 3.22. The molecule has 0 bridgehead atoms. The molecule has 1 aromatic carbocycles. The lowest BCUT2D eigenvalue weighted by atomic mass is 10.00. The number of amides is 1. The molecule has 0 spiro atoms. The van der Waals surface area contributed by atoms with Crippen LogP contribution in [0.25, 0.3) is 0 Å². The summed E-state index contributed by atoms with van der Waals surface area (Å²) in [6, 6.07) is 6.68. The Morgan fingerprint density at radius 3 is 2.95 bits per heavy atom. The maximum atomic E-state index is 12.3. The van der Waals surface area contributed by atoms with Crippen LogP contribution in [0.3, 0.4) is 0 Å². The molecule has 2 heterocycles. The molecular weight excluding hydrogens is 325 g/mol. The third-order valence-corrected chi connectivity index (χ3v) is 3.99. The summed E-state index contributed by atoms with van der Waals surface area (Å²) in [5, 5.41) is 3.80. The fourth-order valence-electron chi connectivity index (χ4n) is 2.33. The first-order chi connectivity index (χ1) is 10.5. The van der Waals surface area contributed by atoms with Crippen LogP contribution in [-0.2, 0) is 0 Å². The first-order valence-corrected chi connectivity index (χ1v) is 7.44. The summed E-state index contributed by atoms with van der Waals surface area (Å²) < 4.78 is 5.57. The molecule has 0 saturated carbocycles. The van der Waals surface area contributed by atoms with Crippen molar-refractivity contribution < 1.29 is 9.53 Å². The lowest BCUT2D eigenvalue weighted by molar-refractivity contribution is 0.0924. The van der Waals surface area contributed by atoms with Crippen molar-refractivity contribution >= 4 is 34.9 Å². The Kier molecular flexibility index (Phi) is 4.09. The first kappa shape index (κ1) is 14.9. The summed E-state index contributed by atoms with van der Waals surface area (Å²) >= 11 is 11.9. The standard InChI is InChI=1S/C15H13Cl2N3O2/c16-9-1-2-13-10(6-9)12(3-4-22-13)20-15(21)8-5-11(17)14(18)19-7-8/h1-2,5-7,12H,3-4H2,(H2,18,19)(H,20,21). The molecule has 2 aromatic rings. The van der Waals surface area contributed by atoms with Gasteiger partial charge < -0.3 is 15.8 Å². The van der Waals surface area contributed by atoms with Gasteiger partial charge >= 0.3 is 0 Å². The third kappa shape index (κ3) is 2.96. The van der Waals surface area contributed by atoms with Crippen LogP contribution in [0.2, 0.25) is 10.0 Å². The molecule has 0 fully saturated rings. The Bertz CT molecular complexity index is 737. The van der Waals surface area contributed by atoms with Gasteiger partial charge in [-0.25, -0.2) is 4.98 Å². The largest absolute Gasteiger partial charge is 0.493 e. The molecule has 22 heavy (non-hydrogen) atoms. The lowest BCUT2D eigenvalue weighted by Gasteiger charge is -2.27. The molecule has 1 aliphatic heterocycles. The number of hydrogen-bond donors (Lipinski definition) is 2. The van der Waals surface area contributed by atoms with Crippen molar-refractivity contribution in [3.8, 4) is 5.75 Å². The molecule has 1 atom stereocenters. The SMILES string of the molecule is Nc1ncc(C(=O)NC2CCOc3ccc(Cl)cc32)cc1Cl. The van der Waals surface area contributed by atoms with Crippen LogP contribution in [0.5, 0.6) is 5.75 Å². The van der Waals surface area contributed by atoms with Crippen molar-refractivity contribution in [3.05, 3.63) is 51.6 Å². The number of nitrogen functional groups attached to an aromatic ring is 1. The maximum absolute atomic E-state index is 12.3. The summed E-state index contributed by atoms with van der Waals surface area (Å²) in [5.41, 5.74) is 6.77. The van der Waals surface area contributed by atoms with E-state index in [4.69, 9.17) is 33.7 Å². The van der Waals surface area contributed by atoms with E-state index in [9.17, 15) is 4.79 Å². The summed E-state index contributed by atoms with van der Waals surface area (Å²) in [7, 11) is 0. The van der Waals surface area contributed by atoms with Gasteiger partial charge in [-0.2, -0.15) is 0 Å². The normalized spacial score (nSPS) is 16.5. The number of carbonyl (C=O) groups excluding carboxylic acids is 1. The Morgan fingerprint density at radius 1 is 1.36 bits per heavy atom. The average Bonchev–Trinajstić information content (AvgIpc) is 2.50. The monoisotopic (exact) mass is 337 g/mol. The summed E-state index contributed by atoms with van der Waals surface area (Å²) in [4.78, 5) is 16.2. The van der Waals surface area contributed by atoms with Gasteiger partial charge in [0, 0.05) is 23.2 Å². The van der Waals surface area contributed by atoms with Crippen LogP contribution in [0.15, 0.2) is 30.5 Å². The van der Waals surface area contributed by atoms with Gasteiger partial charge in [0.25, 0.3) is 5.91 Å². The highest BCUT2D eigenvalue weighted by atomic mass is 35.5. The molecule has 7 heteroatoms. The summed E-state index contributed by atoms with van der Waals surface area (Å²) in [6.07, 6.45) is 2.06. The number of pyridine rings is 1. The minimum absolute atomic E-state index is 0.175. The number of fused-ring (bicyclic) bond motifs is 1. The predicted molar refractivity (Wildman–Crippen MR) is 85.4 cm³/mol. The van der Waals surface area contributed by atoms with Crippen LogP contribution in [0.4, 0.5) is 5.82 Å². The number of anilines is 1. The molecule has 3 rings (SSSR count). The third-order valence-electron chi connectivity index (χ3n) is 3.45. The number of halogens is 2. The quantitative estimate of drug-likeness (QED) is 0.881. The lowest BCUT2D eigenvalue weighted by Crippen LogP contribution is -2.32. The number of nitrogens with two attached hydrogens (primary N) is 1. The van der Waals surface area contributed by atoms with Crippen LogP contribution in [0, 0.1) is 0 Å². The van der Waals surface area contributed by atoms with E-state index in [1.54, 1.807) is 18.2 Å². The molecule has 1 aliphatic rings. The zero-order valence-electron chi connectivity index (χ0n) is 11.5. The van der Waals surface area contributed by atoms with E-state index < -0.39 is 0 Å².